The van der Waals surface area contributed by atoms with Crippen LogP contribution in [0.15, 0.2) is 41.9 Å². The van der Waals surface area contributed by atoms with E-state index in [9.17, 15) is 0 Å². The average Bonchev–Trinajstić information content (AvgIpc) is 2.55. The summed E-state index contributed by atoms with van der Waals surface area (Å²) in [7, 11) is 2.01. The summed E-state index contributed by atoms with van der Waals surface area (Å²) < 4.78 is 0.466. The number of pyridine rings is 1. The number of nitrogens with zero attached hydrogens (tertiary/aromatic N) is 3. The Bertz CT molecular complexity index is 315. The molecule has 0 N–H and O–H groups in total. The van der Waals surface area contributed by atoms with Crippen molar-refractivity contribution < 1.29 is 0 Å². The standard InChI is InChI=1S/C9H10N3/c1-12(7-3-6-11-12)9-4-2-5-10-8-9/h2-8H,1H3/q+1. The quantitative estimate of drug-likeness (QED) is 0.572. The van der Waals surface area contributed by atoms with Gasteiger partial charge in [0, 0.05) is 18.3 Å². The highest BCUT2D eigenvalue weighted by atomic mass is 15.6. The van der Waals surface area contributed by atoms with Crippen molar-refractivity contribution in [3.05, 3.63) is 36.8 Å². The predicted molar refractivity (Wildman–Crippen MR) is 49.6 cm³/mol. The molecule has 0 radical (unpaired) electrons. The molecule has 2 heterocycles. The molecule has 1 aromatic heterocycles. The first-order valence-corrected chi connectivity index (χ1v) is 3.81. The van der Waals surface area contributed by atoms with Crippen molar-refractivity contribution in [2.75, 3.05) is 7.05 Å². The number of hydrogen-bond donors (Lipinski definition) is 0. The number of quaternary nitrogens is 1. The second kappa shape index (κ2) is 2.53. The second-order valence-corrected chi connectivity index (χ2v) is 2.84. The first-order valence-electron chi connectivity index (χ1n) is 3.81. The lowest BCUT2D eigenvalue weighted by Gasteiger charge is -2.18. The molecule has 0 saturated carbocycles. The topological polar surface area (TPSA) is 25.2 Å². The van der Waals surface area contributed by atoms with Crippen LogP contribution in [0.3, 0.4) is 0 Å². The molecule has 1 aromatic rings. The lowest BCUT2D eigenvalue weighted by atomic mass is 10.4. The highest BCUT2D eigenvalue weighted by Gasteiger charge is 2.23. The van der Waals surface area contributed by atoms with Crippen molar-refractivity contribution in [2.24, 2.45) is 5.10 Å². The van der Waals surface area contributed by atoms with Crippen LogP contribution in [-0.2, 0) is 0 Å². The largest absolute Gasteiger partial charge is 0.258 e. The normalized spacial score (nSPS) is 26.4. The molecule has 0 amide bonds. The molecule has 0 aromatic carbocycles. The van der Waals surface area contributed by atoms with E-state index in [1.165, 1.54) is 0 Å². The van der Waals surface area contributed by atoms with E-state index < -0.39 is 0 Å². The SMILES string of the molecule is C[N+]1(c2cccnc2)C=CC=N1. The molecule has 12 heavy (non-hydrogen) atoms. The van der Waals surface area contributed by atoms with E-state index in [1.807, 2.05) is 37.7 Å². The van der Waals surface area contributed by atoms with Gasteiger partial charge in [0.25, 0.3) is 0 Å². The molecule has 0 spiro atoms. The van der Waals surface area contributed by atoms with Gasteiger partial charge < -0.3 is 0 Å². The summed E-state index contributed by atoms with van der Waals surface area (Å²) in [6.07, 6.45) is 9.34. The third-order valence-corrected chi connectivity index (χ3v) is 1.94. The van der Waals surface area contributed by atoms with Crippen molar-refractivity contribution in [2.45, 2.75) is 0 Å². The second-order valence-electron chi connectivity index (χ2n) is 2.84. The summed E-state index contributed by atoms with van der Waals surface area (Å²) in [5, 5.41) is 4.30. The van der Waals surface area contributed by atoms with E-state index in [2.05, 4.69) is 10.1 Å². The molecule has 3 nitrogen and oxygen atoms in total. The van der Waals surface area contributed by atoms with Crippen LogP contribution in [-0.4, -0.2) is 18.2 Å². The van der Waals surface area contributed by atoms with Crippen molar-refractivity contribution in [1.29, 1.82) is 0 Å². The zero-order chi connectivity index (χ0) is 8.44. The zero-order valence-corrected chi connectivity index (χ0v) is 6.88. The van der Waals surface area contributed by atoms with Gasteiger partial charge in [-0.15, -0.1) is 4.59 Å². The number of hydrogen-bond acceptors (Lipinski definition) is 2. The van der Waals surface area contributed by atoms with Crippen molar-refractivity contribution in [3.8, 4) is 0 Å². The maximum atomic E-state index is 4.30. The van der Waals surface area contributed by atoms with Gasteiger partial charge in [0.05, 0.1) is 12.4 Å². The van der Waals surface area contributed by atoms with Crippen LogP contribution in [0.1, 0.15) is 0 Å². The molecule has 0 fully saturated rings. The summed E-state index contributed by atoms with van der Waals surface area (Å²) in [5.74, 6) is 0. The fourth-order valence-electron chi connectivity index (χ4n) is 1.20. The van der Waals surface area contributed by atoms with Crippen molar-refractivity contribution in [3.63, 3.8) is 0 Å². The van der Waals surface area contributed by atoms with Gasteiger partial charge >= 0.3 is 0 Å². The van der Waals surface area contributed by atoms with Crippen molar-refractivity contribution in [1.82, 2.24) is 9.58 Å². The Morgan fingerprint density at radius 3 is 2.92 bits per heavy atom. The molecule has 1 atom stereocenters. The molecule has 0 bridgehead atoms. The highest BCUT2D eigenvalue weighted by molar-refractivity contribution is 5.75. The lowest BCUT2D eigenvalue weighted by molar-refractivity contribution is 0.483. The smallest absolute Gasteiger partial charge is 0.182 e. The lowest BCUT2D eigenvalue weighted by Crippen LogP contribution is -2.30. The minimum atomic E-state index is 0.466. The van der Waals surface area contributed by atoms with Gasteiger partial charge in [-0.1, -0.05) is 5.10 Å². The predicted octanol–water partition coefficient (Wildman–Crippen LogP) is 1.53. The fourth-order valence-corrected chi connectivity index (χ4v) is 1.20. The van der Waals surface area contributed by atoms with Crippen LogP contribution in [0.4, 0.5) is 5.69 Å². The number of rotatable bonds is 1. The van der Waals surface area contributed by atoms with E-state index >= 15 is 0 Å². The van der Waals surface area contributed by atoms with Crippen LogP contribution in [0.2, 0.25) is 0 Å². The third-order valence-electron chi connectivity index (χ3n) is 1.94. The summed E-state index contributed by atoms with van der Waals surface area (Å²) >= 11 is 0. The summed E-state index contributed by atoms with van der Waals surface area (Å²) in [6.45, 7) is 0. The molecular weight excluding hydrogens is 150 g/mol. The minimum absolute atomic E-state index is 0.466. The number of allylic oxidation sites excluding steroid dienone is 1. The van der Waals surface area contributed by atoms with E-state index in [4.69, 9.17) is 0 Å². The van der Waals surface area contributed by atoms with Crippen molar-refractivity contribution >= 4 is 11.9 Å². The molecule has 3 heteroatoms. The van der Waals surface area contributed by atoms with Gasteiger partial charge in [0.1, 0.15) is 13.2 Å². The summed E-state index contributed by atoms with van der Waals surface area (Å²) in [5.41, 5.74) is 1.07. The molecule has 1 aliphatic heterocycles. The maximum Gasteiger partial charge on any atom is 0.182 e. The van der Waals surface area contributed by atoms with E-state index in [0.29, 0.717) is 4.59 Å². The molecule has 1 aliphatic rings. The van der Waals surface area contributed by atoms with Crippen LogP contribution in [0.25, 0.3) is 0 Å². The first kappa shape index (κ1) is 7.18. The average molecular weight is 160 g/mol. The van der Waals surface area contributed by atoms with Gasteiger partial charge in [0.15, 0.2) is 5.69 Å². The molecule has 1 unspecified atom stereocenters. The summed E-state index contributed by atoms with van der Waals surface area (Å²) in [4.78, 5) is 4.05. The summed E-state index contributed by atoms with van der Waals surface area (Å²) in [6, 6.07) is 3.93. The monoisotopic (exact) mass is 160 g/mol. The molecule has 0 aliphatic carbocycles. The Kier molecular flexibility index (Phi) is 1.52. The molecule has 2 rings (SSSR count). The van der Waals surface area contributed by atoms with Crippen LogP contribution < -0.4 is 4.59 Å². The van der Waals surface area contributed by atoms with Gasteiger partial charge in [-0.3, -0.25) is 4.98 Å². The first-order chi connectivity index (χ1) is 5.81. The van der Waals surface area contributed by atoms with Gasteiger partial charge in [-0.05, 0) is 6.07 Å². The fraction of sp³-hybridized carbons (Fsp3) is 0.111. The molecule has 0 saturated heterocycles. The minimum Gasteiger partial charge on any atom is -0.258 e. The Hall–Kier alpha value is -1.48. The Balaban J connectivity index is 2.43. The van der Waals surface area contributed by atoms with Crippen LogP contribution in [0.5, 0.6) is 0 Å². The Morgan fingerprint density at radius 2 is 2.33 bits per heavy atom. The van der Waals surface area contributed by atoms with Gasteiger partial charge in [-0.25, -0.2) is 0 Å². The van der Waals surface area contributed by atoms with Crippen LogP contribution >= 0.6 is 0 Å². The zero-order valence-electron chi connectivity index (χ0n) is 6.88. The van der Waals surface area contributed by atoms with E-state index in [-0.39, 0.29) is 0 Å². The van der Waals surface area contributed by atoms with Gasteiger partial charge in [-0.2, -0.15) is 0 Å². The van der Waals surface area contributed by atoms with E-state index in [0.717, 1.165) is 5.69 Å². The highest BCUT2D eigenvalue weighted by Crippen LogP contribution is 2.22. The van der Waals surface area contributed by atoms with Gasteiger partial charge in [0.2, 0.25) is 0 Å². The van der Waals surface area contributed by atoms with E-state index in [1.54, 1.807) is 12.4 Å². The Labute approximate surface area is 71.3 Å². The third kappa shape index (κ3) is 1.04. The number of aromatic nitrogens is 1. The Morgan fingerprint density at radius 1 is 1.42 bits per heavy atom. The maximum absolute atomic E-state index is 4.30. The molecular formula is C9H10N3+. The molecule has 60 valence electrons. The van der Waals surface area contributed by atoms with Crippen LogP contribution in [0, 0.1) is 0 Å².